The second-order valence-corrected chi connectivity index (χ2v) is 7.61. The first-order valence-electron chi connectivity index (χ1n) is 9.21. The number of pyridine rings is 1. The number of carbonyl (C=O) groups is 2. The zero-order valence-electron chi connectivity index (χ0n) is 17.1. The van der Waals surface area contributed by atoms with Crippen LogP contribution in [-0.4, -0.2) is 27.0 Å². The Morgan fingerprint density at radius 1 is 1.08 bits per heavy atom. The van der Waals surface area contributed by atoms with Crippen LogP contribution in [0, 0.1) is 21.7 Å². The van der Waals surface area contributed by atoms with E-state index in [4.69, 9.17) is 23.2 Å². The number of nitro benzene ring substituents is 1. The fourth-order valence-corrected chi connectivity index (χ4v) is 3.38. The van der Waals surface area contributed by atoms with Crippen molar-refractivity contribution in [3.05, 3.63) is 79.4 Å². The van der Waals surface area contributed by atoms with Crippen LogP contribution in [0.4, 0.5) is 38.1 Å². The number of amides is 3. The predicted molar refractivity (Wildman–Crippen MR) is 116 cm³/mol. The zero-order chi connectivity index (χ0) is 26.9. The number of nitrogens with one attached hydrogen (secondary N) is 2. The van der Waals surface area contributed by atoms with E-state index in [9.17, 15) is 46.8 Å². The summed E-state index contributed by atoms with van der Waals surface area (Å²) in [6, 6.07) is 2.15. The Morgan fingerprint density at radius 2 is 1.75 bits per heavy atom. The average molecular weight is 551 g/mol. The maximum atomic E-state index is 14.2. The van der Waals surface area contributed by atoms with E-state index in [0.29, 0.717) is 24.4 Å². The van der Waals surface area contributed by atoms with Gasteiger partial charge in [-0.05, 0) is 24.3 Å². The molecule has 0 saturated carbocycles. The molecular weight excluding hydrogens is 542 g/mol. The van der Waals surface area contributed by atoms with E-state index in [1.54, 1.807) is 0 Å². The molecule has 0 aliphatic carbocycles. The molecule has 0 bridgehead atoms. The van der Waals surface area contributed by atoms with Crippen LogP contribution in [0.25, 0.3) is 11.3 Å². The van der Waals surface area contributed by atoms with Crippen molar-refractivity contribution in [2.75, 3.05) is 5.32 Å². The maximum Gasteiger partial charge on any atom is 0.417 e. The smallest absolute Gasteiger partial charge is 0.417 e. The topological polar surface area (TPSA) is 134 Å². The highest BCUT2D eigenvalue weighted by atomic mass is 35.5. The summed E-state index contributed by atoms with van der Waals surface area (Å²) < 4.78 is 66.7. The van der Waals surface area contributed by atoms with Gasteiger partial charge >= 0.3 is 17.9 Å². The van der Waals surface area contributed by atoms with Crippen molar-refractivity contribution in [2.24, 2.45) is 0 Å². The van der Waals surface area contributed by atoms with Crippen molar-refractivity contribution in [1.29, 1.82) is 0 Å². The fourth-order valence-electron chi connectivity index (χ4n) is 2.88. The van der Waals surface area contributed by atoms with Crippen LogP contribution in [0.3, 0.4) is 0 Å². The molecule has 9 nitrogen and oxygen atoms in total. The predicted octanol–water partition coefficient (Wildman–Crippen LogP) is 5.93. The molecule has 1 aromatic heterocycles. The van der Waals surface area contributed by atoms with Gasteiger partial charge in [0.1, 0.15) is 17.1 Å². The molecule has 0 atom stereocenters. The number of phenols is 1. The van der Waals surface area contributed by atoms with E-state index in [0.717, 1.165) is 12.1 Å². The summed E-state index contributed by atoms with van der Waals surface area (Å²) in [4.78, 5) is 37.5. The standard InChI is InChI=1S/C20H9Cl2F5N4O5/c21-8-1-3-11(17(32)13(8)16-9(22)5-7(6-28-16)20(25,26)27)29-19(34)30-18(33)14-10(23)2-4-12(15(14)24)31(35)36/h1-6,32H,(H2,29,30,33,34). The first-order valence-corrected chi connectivity index (χ1v) is 9.97. The molecule has 0 spiro atoms. The van der Waals surface area contributed by atoms with Gasteiger partial charge in [0.05, 0.1) is 37.5 Å². The summed E-state index contributed by atoms with van der Waals surface area (Å²) in [5, 5.41) is 24.1. The van der Waals surface area contributed by atoms with E-state index in [1.807, 2.05) is 5.32 Å². The summed E-state index contributed by atoms with van der Waals surface area (Å²) in [6.07, 6.45) is -4.32. The van der Waals surface area contributed by atoms with Gasteiger partial charge in [-0.15, -0.1) is 0 Å². The fraction of sp³-hybridized carbons (Fsp3) is 0.0500. The Morgan fingerprint density at radius 3 is 2.33 bits per heavy atom. The van der Waals surface area contributed by atoms with Crippen LogP contribution in [0.2, 0.25) is 10.0 Å². The van der Waals surface area contributed by atoms with E-state index < -0.39 is 67.9 Å². The summed E-state index contributed by atoms with van der Waals surface area (Å²) in [7, 11) is 0. The van der Waals surface area contributed by atoms with Crippen LogP contribution in [0.5, 0.6) is 5.75 Å². The minimum atomic E-state index is -4.76. The lowest BCUT2D eigenvalue weighted by molar-refractivity contribution is -0.387. The molecule has 3 amide bonds. The molecule has 16 heteroatoms. The van der Waals surface area contributed by atoms with Crippen molar-refractivity contribution >= 4 is 46.5 Å². The lowest BCUT2D eigenvalue weighted by Gasteiger charge is -2.15. The second kappa shape index (κ2) is 9.91. The minimum absolute atomic E-state index is 0.232. The van der Waals surface area contributed by atoms with Crippen LogP contribution in [-0.2, 0) is 6.18 Å². The summed E-state index contributed by atoms with van der Waals surface area (Å²) >= 11 is 11.9. The Hall–Kier alpha value is -4.04. The molecule has 36 heavy (non-hydrogen) atoms. The first-order chi connectivity index (χ1) is 16.7. The van der Waals surface area contributed by atoms with E-state index in [1.165, 1.54) is 5.32 Å². The quantitative estimate of drug-likeness (QED) is 0.159. The van der Waals surface area contributed by atoms with Gasteiger partial charge < -0.3 is 10.4 Å². The van der Waals surface area contributed by atoms with E-state index in [-0.39, 0.29) is 16.3 Å². The number of carbonyl (C=O) groups excluding carboxylic acids is 2. The highest BCUT2D eigenvalue weighted by Gasteiger charge is 2.32. The van der Waals surface area contributed by atoms with Crippen molar-refractivity contribution in [2.45, 2.75) is 6.18 Å². The number of halogens is 7. The van der Waals surface area contributed by atoms with E-state index >= 15 is 0 Å². The average Bonchev–Trinajstić information content (AvgIpc) is 2.75. The Balaban J connectivity index is 1.90. The number of hydrogen-bond donors (Lipinski definition) is 3. The van der Waals surface area contributed by atoms with E-state index in [2.05, 4.69) is 4.98 Å². The number of nitro groups is 1. The van der Waals surface area contributed by atoms with Gasteiger partial charge in [0.15, 0.2) is 0 Å². The van der Waals surface area contributed by atoms with Crippen molar-refractivity contribution < 1.29 is 41.6 Å². The third kappa shape index (κ3) is 5.28. The van der Waals surface area contributed by atoms with Gasteiger partial charge in [-0.3, -0.25) is 25.2 Å². The molecule has 0 unspecified atom stereocenters. The number of alkyl halides is 3. The number of imide groups is 1. The van der Waals surface area contributed by atoms with Gasteiger partial charge in [-0.2, -0.15) is 17.6 Å². The molecule has 1 heterocycles. The van der Waals surface area contributed by atoms with Gasteiger partial charge in [0.25, 0.3) is 5.91 Å². The number of anilines is 1. The Labute approximate surface area is 206 Å². The van der Waals surface area contributed by atoms with Gasteiger partial charge in [-0.1, -0.05) is 23.2 Å². The summed E-state index contributed by atoms with van der Waals surface area (Å²) in [5.74, 6) is -5.84. The molecular formula is C20H9Cl2F5N4O5. The normalized spacial score (nSPS) is 11.2. The maximum absolute atomic E-state index is 14.2. The molecule has 3 aromatic rings. The number of hydrogen-bond acceptors (Lipinski definition) is 6. The number of nitrogens with zero attached hydrogens (tertiary/aromatic N) is 2. The monoisotopic (exact) mass is 550 g/mol. The number of urea groups is 1. The molecule has 188 valence electrons. The first kappa shape index (κ1) is 26.6. The molecule has 0 aliphatic heterocycles. The van der Waals surface area contributed by atoms with Crippen LogP contribution in [0.15, 0.2) is 36.5 Å². The summed E-state index contributed by atoms with van der Waals surface area (Å²) in [6.45, 7) is 0. The third-order valence-electron chi connectivity index (χ3n) is 4.50. The SMILES string of the molecule is O=C(NC(=O)c1c(F)ccc([N+](=O)[O-])c1F)Nc1ccc(Cl)c(-c2ncc(C(F)(F)F)cc2Cl)c1O. The van der Waals surface area contributed by atoms with Crippen molar-refractivity contribution in [1.82, 2.24) is 10.3 Å². The second-order valence-electron chi connectivity index (χ2n) is 6.79. The number of aromatic hydroxyl groups is 1. The number of rotatable bonds is 4. The largest absolute Gasteiger partial charge is 0.505 e. The number of aromatic nitrogens is 1. The lowest BCUT2D eigenvalue weighted by Crippen LogP contribution is -2.35. The van der Waals surface area contributed by atoms with Gasteiger partial charge in [0, 0.05) is 12.3 Å². The molecule has 0 radical (unpaired) electrons. The molecule has 0 fully saturated rings. The Bertz CT molecular complexity index is 1420. The Kier molecular flexibility index (Phi) is 7.31. The minimum Gasteiger partial charge on any atom is -0.505 e. The van der Waals surface area contributed by atoms with Crippen molar-refractivity contribution in [3.63, 3.8) is 0 Å². The molecule has 0 aliphatic rings. The molecule has 2 aromatic carbocycles. The van der Waals surface area contributed by atoms with Crippen LogP contribution < -0.4 is 10.6 Å². The number of phenolic OH excluding ortho intramolecular Hbond substituents is 1. The third-order valence-corrected chi connectivity index (χ3v) is 5.11. The highest BCUT2D eigenvalue weighted by molar-refractivity contribution is 6.36. The molecule has 3 N–H and O–H groups in total. The lowest BCUT2D eigenvalue weighted by atomic mass is 10.1. The molecule has 0 saturated heterocycles. The highest BCUT2D eigenvalue weighted by Crippen LogP contribution is 2.43. The van der Waals surface area contributed by atoms with Crippen LogP contribution >= 0.6 is 23.2 Å². The zero-order valence-corrected chi connectivity index (χ0v) is 18.6. The van der Waals surface area contributed by atoms with Crippen molar-refractivity contribution in [3.8, 4) is 17.0 Å². The molecule has 3 rings (SSSR count). The van der Waals surface area contributed by atoms with Gasteiger partial charge in [0.2, 0.25) is 5.82 Å². The van der Waals surface area contributed by atoms with Gasteiger partial charge in [-0.25, -0.2) is 9.18 Å². The van der Waals surface area contributed by atoms with Crippen LogP contribution in [0.1, 0.15) is 15.9 Å². The summed E-state index contributed by atoms with van der Waals surface area (Å²) in [5.41, 5.74) is -5.04. The number of benzene rings is 2.